The van der Waals surface area contributed by atoms with Crippen molar-refractivity contribution < 1.29 is 4.74 Å². The molecule has 0 saturated heterocycles. The summed E-state index contributed by atoms with van der Waals surface area (Å²) >= 11 is 12.8. The third-order valence-electron chi connectivity index (χ3n) is 3.44. The van der Waals surface area contributed by atoms with E-state index in [9.17, 15) is 0 Å². The van der Waals surface area contributed by atoms with E-state index >= 15 is 0 Å². The minimum absolute atomic E-state index is 0.223. The van der Waals surface area contributed by atoms with Crippen LogP contribution in [-0.4, -0.2) is 6.61 Å². The highest BCUT2D eigenvalue weighted by Gasteiger charge is 2.18. The molecule has 0 fully saturated rings. The third-order valence-corrected chi connectivity index (χ3v) is 4.25. The van der Waals surface area contributed by atoms with Crippen molar-refractivity contribution in [3.05, 3.63) is 63.7 Å². The van der Waals surface area contributed by atoms with Gasteiger partial charge in [-0.1, -0.05) is 35.9 Å². The SMILES string of the molecule is Cc1ccc(C(Cl)c2ccc3c(c2)CCO3)c(Cl)c1. The summed E-state index contributed by atoms with van der Waals surface area (Å²) in [7, 11) is 0. The maximum absolute atomic E-state index is 6.57. The first-order valence-electron chi connectivity index (χ1n) is 6.31. The molecule has 1 atom stereocenters. The lowest BCUT2D eigenvalue weighted by molar-refractivity contribution is 0.357. The molecule has 19 heavy (non-hydrogen) atoms. The Morgan fingerprint density at radius 2 is 2.00 bits per heavy atom. The van der Waals surface area contributed by atoms with Crippen LogP contribution >= 0.6 is 23.2 Å². The lowest BCUT2D eigenvalue weighted by atomic mass is 10.0. The maximum atomic E-state index is 6.57. The Kier molecular flexibility index (Phi) is 3.42. The van der Waals surface area contributed by atoms with Crippen molar-refractivity contribution in [3.63, 3.8) is 0 Å². The highest BCUT2D eigenvalue weighted by Crippen LogP contribution is 2.36. The van der Waals surface area contributed by atoms with Crippen LogP contribution in [0, 0.1) is 6.92 Å². The second-order valence-corrected chi connectivity index (χ2v) is 5.70. The number of benzene rings is 2. The number of alkyl halides is 1. The number of fused-ring (bicyclic) bond motifs is 1. The third kappa shape index (κ3) is 2.45. The summed E-state index contributed by atoms with van der Waals surface area (Å²) in [6.07, 6.45) is 0.953. The van der Waals surface area contributed by atoms with E-state index in [2.05, 4.69) is 6.07 Å². The maximum Gasteiger partial charge on any atom is 0.122 e. The van der Waals surface area contributed by atoms with Crippen molar-refractivity contribution in [2.45, 2.75) is 18.7 Å². The Morgan fingerprint density at radius 3 is 2.79 bits per heavy atom. The Balaban J connectivity index is 1.97. The van der Waals surface area contributed by atoms with Gasteiger partial charge in [-0.15, -0.1) is 11.6 Å². The predicted molar refractivity (Wildman–Crippen MR) is 79.5 cm³/mol. The van der Waals surface area contributed by atoms with Gasteiger partial charge in [0.25, 0.3) is 0 Å². The van der Waals surface area contributed by atoms with Crippen LogP contribution in [0.2, 0.25) is 5.02 Å². The number of hydrogen-bond acceptors (Lipinski definition) is 1. The first-order valence-corrected chi connectivity index (χ1v) is 7.12. The normalized spacial score (nSPS) is 14.9. The molecule has 1 aliphatic heterocycles. The quantitative estimate of drug-likeness (QED) is 0.715. The fraction of sp³-hybridized carbons (Fsp3) is 0.250. The highest BCUT2D eigenvalue weighted by atomic mass is 35.5. The zero-order valence-corrected chi connectivity index (χ0v) is 12.1. The minimum atomic E-state index is -0.223. The molecule has 1 nitrogen and oxygen atoms in total. The van der Waals surface area contributed by atoms with Gasteiger partial charge >= 0.3 is 0 Å². The molecule has 0 N–H and O–H groups in total. The monoisotopic (exact) mass is 292 g/mol. The second kappa shape index (κ2) is 5.07. The molecule has 3 rings (SSSR count). The van der Waals surface area contributed by atoms with Crippen LogP contribution in [0.25, 0.3) is 0 Å². The number of aryl methyl sites for hydroxylation is 1. The summed E-state index contributed by atoms with van der Waals surface area (Å²) in [5.74, 6) is 0.975. The van der Waals surface area contributed by atoms with Crippen LogP contribution in [0.5, 0.6) is 5.75 Å². The smallest absolute Gasteiger partial charge is 0.122 e. The van der Waals surface area contributed by atoms with Crippen LogP contribution in [0.1, 0.15) is 27.6 Å². The average molecular weight is 293 g/mol. The summed E-state index contributed by atoms with van der Waals surface area (Å²) in [6.45, 7) is 2.78. The lowest BCUT2D eigenvalue weighted by Crippen LogP contribution is -1.95. The fourth-order valence-electron chi connectivity index (χ4n) is 2.38. The van der Waals surface area contributed by atoms with E-state index < -0.39 is 0 Å². The Morgan fingerprint density at radius 1 is 1.16 bits per heavy atom. The van der Waals surface area contributed by atoms with Gasteiger partial charge in [-0.2, -0.15) is 0 Å². The van der Waals surface area contributed by atoms with E-state index in [1.54, 1.807) is 0 Å². The van der Waals surface area contributed by atoms with E-state index in [1.807, 2.05) is 37.3 Å². The number of rotatable bonds is 2. The van der Waals surface area contributed by atoms with E-state index in [0.29, 0.717) is 0 Å². The van der Waals surface area contributed by atoms with E-state index in [-0.39, 0.29) is 5.38 Å². The molecule has 0 amide bonds. The number of hydrogen-bond donors (Lipinski definition) is 0. The Hall–Kier alpha value is -1.18. The molecule has 0 aromatic heterocycles. The van der Waals surface area contributed by atoms with E-state index in [0.717, 1.165) is 40.5 Å². The standard InChI is InChI=1S/C16H14Cl2O/c1-10-2-4-13(14(17)8-10)16(18)12-3-5-15-11(9-12)6-7-19-15/h2-5,8-9,16H,6-7H2,1H3. The molecule has 98 valence electrons. The molecule has 2 aromatic rings. The zero-order chi connectivity index (χ0) is 13.4. The molecule has 0 spiro atoms. The summed E-state index contributed by atoms with van der Waals surface area (Å²) in [5.41, 5.74) is 4.39. The number of halogens is 2. The topological polar surface area (TPSA) is 9.23 Å². The van der Waals surface area contributed by atoms with Crippen molar-refractivity contribution >= 4 is 23.2 Å². The summed E-state index contributed by atoms with van der Waals surface area (Å²) in [6, 6.07) is 12.1. The highest BCUT2D eigenvalue weighted by molar-refractivity contribution is 6.33. The first-order chi connectivity index (χ1) is 9.15. The molecule has 0 radical (unpaired) electrons. The van der Waals surface area contributed by atoms with Crippen molar-refractivity contribution in [1.29, 1.82) is 0 Å². The predicted octanol–water partition coefficient (Wildman–Crippen LogP) is 4.91. The molecule has 3 heteroatoms. The molecule has 0 aliphatic carbocycles. The fourth-order valence-corrected chi connectivity index (χ4v) is 3.11. The number of ether oxygens (including phenoxy) is 1. The zero-order valence-electron chi connectivity index (χ0n) is 10.6. The largest absolute Gasteiger partial charge is 0.493 e. The van der Waals surface area contributed by atoms with Gasteiger partial charge in [0.15, 0.2) is 0 Å². The van der Waals surface area contributed by atoms with Crippen molar-refractivity contribution in [1.82, 2.24) is 0 Å². The molecular formula is C16H14Cl2O. The molecule has 1 heterocycles. The van der Waals surface area contributed by atoms with Gasteiger partial charge in [0.2, 0.25) is 0 Å². The van der Waals surface area contributed by atoms with Crippen molar-refractivity contribution in [2.24, 2.45) is 0 Å². The van der Waals surface area contributed by atoms with Gasteiger partial charge in [-0.25, -0.2) is 0 Å². The molecule has 0 saturated carbocycles. The summed E-state index contributed by atoms with van der Waals surface area (Å²) in [4.78, 5) is 0. The average Bonchev–Trinajstić information content (AvgIpc) is 2.85. The van der Waals surface area contributed by atoms with E-state index in [4.69, 9.17) is 27.9 Å². The van der Waals surface area contributed by atoms with Gasteiger partial charge in [0, 0.05) is 11.4 Å². The van der Waals surface area contributed by atoms with Crippen LogP contribution in [0.15, 0.2) is 36.4 Å². The van der Waals surface area contributed by atoms with Crippen LogP contribution in [0.4, 0.5) is 0 Å². The van der Waals surface area contributed by atoms with Crippen molar-refractivity contribution in [2.75, 3.05) is 6.61 Å². The van der Waals surface area contributed by atoms with Gasteiger partial charge in [-0.3, -0.25) is 0 Å². The molecule has 0 bridgehead atoms. The molecule has 1 aliphatic rings. The second-order valence-electron chi connectivity index (χ2n) is 4.85. The molecule has 2 aromatic carbocycles. The Bertz CT molecular complexity index is 622. The van der Waals surface area contributed by atoms with Crippen LogP contribution in [-0.2, 0) is 6.42 Å². The van der Waals surface area contributed by atoms with Crippen LogP contribution < -0.4 is 4.74 Å². The van der Waals surface area contributed by atoms with Gasteiger partial charge in [0.05, 0.1) is 12.0 Å². The van der Waals surface area contributed by atoms with Gasteiger partial charge in [0.1, 0.15) is 5.75 Å². The summed E-state index contributed by atoms with van der Waals surface area (Å²) < 4.78 is 5.51. The summed E-state index contributed by atoms with van der Waals surface area (Å²) in [5, 5.41) is 0.496. The van der Waals surface area contributed by atoms with Gasteiger partial charge in [-0.05, 0) is 41.3 Å². The Labute approximate surface area is 123 Å². The molecular weight excluding hydrogens is 279 g/mol. The van der Waals surface area contributed by atoms with E-state index in [1.165, 1.54) is 5.56 Å². The first kappa shape index (κ1) is 12.8. The van der Waals surface area contributed by atoms with Gasteiger partial charge < -0.3 is 4.74 Å². The minimum Gasteiger partial charge on any atom is -0.493 e. The van der Waals surface area contributed by atoms with Crippen LogP contribution in [0.3, 0.4) is 0 Å². The van der Waals surface area contributed by atoms with Crippen molar-refractivity contribution in [3.8, 4) is 5.75 Å². The lowest BCUT2D eigenvalue weighted by Gasteiger charge is -2.13. The molecule has 1 unspecified atom stereocenters.